The van der Waals surface area contributed by atoms with E-state index in [1.165, 1.54) is 0 Å². The number of ether oxygens (including phenoxy) is 1. The van der Waals surface area contributed by atoms with Gasteiger partial charge in [0.2, 0.25) is 5.95 Å². The minimum absolute atomic E-state index is 0.134. The highest BCUT2D eigenvalue weighted by Gasteiger charge is 2.28. The lowest BCUT2D eigenvalue weighted by atomic mass is 10.2. The Labute approximate surface area is 173 Å². The van der Waals surface area contributed by atoms with E-state index in [1.807, 2.05) is 18.3 Å². The van der Waals surface area contributed by atoms with Crippen LogP contribution in [0.4, 0.5) is 5.95 Å². The maximum Gasteiger partial charge on any atom is 0.274 e. The highest BCUT2D eigenvalue weighted by molar-refractivity contribution is 5.97. The largest absolute Gasteiger partial charge is 0.377 e. The molecule has 3 aromatic heterocycles. The predicted octanol–water partition coefficient (Wildman–Crippen LogP) is 1.33. The average molecular weight is 408 g/mol. The van der Waals surface area contributed by atoms with Gasteiger partial charge in [-0.1, -0.05) is 0 Å². The third kappa shape index (κ3) is 3.32. The maximum atomic E-state index is 12.9. The van der Waals surface area contributed by atoms with E-state index in [4.69, 9.17) is 9.72 Å². The standard InChI is InChI=1S/C20H24N8O2/c1-26-8-9-30-12-14-4-3-7-28(14)20-21-10-16-18(22-20)15(23-24-16)6-5-13-11-27(2)25-17(13)19(26)29/h5-6,10-11,14H,3-4,7-9,12H2,1-2H3,(H,23,24)/b6-5+/t14-/m0/s1. The van der Waals surface area contributed by atoms with Crippen LogP contribution in [0.5, 0.6) is 0 Å². The molecule has 10 nitrogen and oxygen atoms in total. The number of aryl methyl sites for hydroxylation is 1. The zero-order valence-electron chi connectivity index (χ0n) is 17.1. The third-order valence-electron chi connectivity index (χ3n) is 5.66. The first kappa shape index (κ1) is 18.7. The highest BCUT2D eigenvalue weighted by atomic mass is 16.5. The van der Waals surface area contributed by atoms with E-state index in [0.717, 1.165) is 36.0 Å². The Morgan fingerprint density at radius 2 is 2.13 bits per heavy atom. The summed E-state index contributed by atoms with van der Waals surface area (Å²) in [5.74, 6) is 0.566. The molecule has 10 heteroatoms. The van der Waals surface area contributed by atoms with Crippen molar-refractivity contribution in [1.29, 1.82) is 0 Å². The molecule has 5 heterocycles. The Kier molecular flexibility index (Phi) is 4.70. The van der Waals surface area contributed by atoms with Gasteiger partial charge in [0, 0.05) is 38.9 Å². The molecular formula is C20H24N8O2. The summed E-state index contributed by atoms with van der Waals surface area (Å²) in [6.07, 6.45) is 9.42. The summed E-state index contributed by atoms with van der Waals surface area (Å²) in [5.41, 5.74) is 3.36. The Hall–Kier alpha value is -3.27. The monoisotopic (exact) mass is 408 g/mol. The predicted molar refractivity (Wildman–Crippen MR) is 112 cm³/mol. The molecule has 3 aromatic rings. The number of aromatic nitrogens is 6. The van der Waals surface area contributed by atoms with E-state index in [0.29, 0.717) is 37.1 Å². The summed E-state index contributed by atoms with van der Waals surface area (Å²) in [6.45, 7) is 2.45. The number of rotatable bonds is 0. The van der Waals surface area contributed by atoms with Crippen molar-refractivity contribution in [3.05, 3.63) is 29.3 Å². The third-order valence-corrected chi connectivity index (χ3v) is 5.66. The molecule has 156 valence electrons. The van der Waals surface area contributed by atoms with E-state index in [-0.39, 0.29) is 11.9 Å². The van der Waals surface area contributed by atoms with Crippen LogP contribution >= 0.6 is 0 Å². The minimum atomic E-state index is -0.134. The molecule has 0 unspecified atom stereocenters. The second-order valence-corrected chi connectivity index (χ2v) is 7.77. The van der Waals surface area contributed by atoms with Gasteiger partial charge in [0.15, 0.2) is 5.69 Å². The number of carbonyl (C=O) groups excluding carboxylic acids is 1. The molecule has 0 radical (unpaired) electrons. The van der Waals surface area contributed by atoms with Crippen LogP contribution in [0.3, 0.4) is 0 Å². The summed E-state index contributed by atoms with van der Waals surface area (Å²) in [5, 5.41) is 11.7. The van der Waals surface area contributed by atoms with Crippen molar-refractivity contribution in [3.63, 3.8) is 0 Å². The SMILES string of the molecule is CN1CCOC[C@@H]2CCCN2c2ncc3[nH]nc(c3n2)/C=C/c2cn(C)nc2C1=O. The molecule has 1 fully saturated rings. The van der Waals surface area contributed by atoms with Crippen molar-refractivity contribution in [2.75, 3.05) is 38.3 Å². The summed E-state index contributed by atoms with van der Waals surface area (Å²) < 4.78 is 7.56. The number of aromatic amines is 1. The molecule has 0 aliphatic carbocycles. The fourth-order valence-corrected chi connectivity index (χ4v) is 4.02. The van der Waals surface area contributed by atoms with Gasteiger partial charge in [-0.15, -0.1) is 0 Å². The molecular weight excluding hydrogens is 384 g/mol. The van der Waals surface area contributed by atoms with Crippen LogP contribution in [0.2, 0.25) is 0 Å². The van der Waals surface area contributed by atoms with E-state index >= 15 is 0 Å². The molecule has 1 saturated heterocycles. The van der Waals surface area contributed by atoms with Gasteiger partial charge in [0.25, 0.3) is 5.91 Å². The normalized spacial score (nSPS) is 21.3. The molecule has 2 aliphatic heterocycles. The van der Waals surface area contributed by atoms with Crippen molar-refractivity contribution in [1.82, 2.24) is 34.8 Å². The van der Waals surface area contributed by atoms with Crippen molar-refractivity contribution in [2.45, 2.75) is 18.9 Å². The lowest BCUT2D eigenvalue weighted by molar-refractivity contribution is 0.0671. The minimum Gasteiger partial charge on any atom is -0.377 e. The Balaban J connectivity index is 1.59. The smallest absolute Gasteiger partial charge is 0.274 e. The maximum absolute atomic E-state index is 12.9. The lowest BCUT2D eigenvalue weighted by Gasteiger charge is -2.25. The van der Waals surface area contributed by atoms with Gasteiger partial charge in [-0.3, -0.25) is 14.6 Å². The summed E-state index contributed by atoms with van der Waals surface area (Å²) in [6, 6.07) is 0.227. The van der Waals surface area contributed by atoms with Crippen LogP contribution in [0, 0.1) is 0 Å². The lowest BCUT2D eigenvalue weighted by Crippen LogP contribution is -2.36. The summed E-state index contributed by atoms with van der Waals surface area (Å²) in [4.78, 5) is 26.1. The molecule has 1 N–H and O–H groups in total. The van der Waals surface area contributed by atoms with E-state index < -0.39 is 0 Å². The number of nitrogens with one attached hydrogen (secondary N) is 1. The van der Waals surface area contributed by atoms with Gasteiger partial charge in [-0.2, -0.15) is 10.2 Å². The zero-order chi connectivity index (χ0) is 20.7. The number of fused-ring (bicyclic) bond motifs is 4. The molecule has 2 aliphatic rings. The second-order valence-electron chi connectivity index (χ2n) is 7.77. The first-order chi connectivity index (χ1) is 14.6. The first-order valence-electron chi connectivity index (χ1n) is 10.1. The molecule has 5 rings (SSSR count). The molecule has 0 aromatic carbocycles. The quantitative estimate of drug-likeness (QED) is 0.598. The zero-order valence-corrected chi connectivity index (χ0v) is 17.1. The number of carbonyl (C=O) groups is 1. The van der Waals surface area contributed by atoms with E-state index in [9.17, 15) is 4.79 Å². The van der Waals surface area contributed by atoms with Crippen LogP contribution in [-0.4, -0.2) is 80.1 Å². The topological polar surface area (TPSA) is 105 Å². The molecule has 0 saturated carbocycles. The van der Waals surface area contributed by atoms with Gasteiger partial charge >= 0.3 is 0 Å². The van der Waals surface area contributed by atoms with Crippen LogP contribution in [-0.2, 0) is 11.8 Å². The average Bonchev–Trinajstić information content (AvgIpc) is 3.46. The summed E-state index contributed by atoms with van der Waals surface area (Å²) >= 11 is 0. The highest BCUT2D eigenvalue weighted by Crippen LogP contribution is 2.25. The fourth-order valence-electron chi connectivity index (χ4n) is 4.02. The van der Waals surface area contributed by atoms with Gasteiger partial charge in [-0.05, 0) is 25.0 Å². The van der Waals surface area contributed by atoms with Gasteiger partial charge < -0.3 is 14.5 Å². The van der Waals surface area contributed by atoms with Gasteiger partial charge in [-0.25, -0.2) is 9.97 Å². The number of likely N-dealkylation sites (N-methyl/N-ethyl adjacent to an activating group) is 1. The Bertz CT molecular complexity index is 1120. The number of anilines is 1. The molecule has 2 bridgehead atoms. The molecule has 0 spiro atoms. The van der Waals surface area contributed by atoms with Crippen LogP contribution in [0.1, 0.15) is 34.6 Å². The number of nitrogens with zero attached hydrogens (tertiary/aromatic N) is 7. The fraction of sp³-hybridized carbons (Fsp3) is 0.450. The number of hydrogen-bond acceptors (Lipinski definition) is 7. The Morgan fingerprint density at radius 3 is 3.03 bits per heavy atom. The van der Waals surface area contributed by atoms with Crippen LogP contribution in [0.15, 0.2) is 12.4 Å². The van der Waals surface area contributed by atoms with Crippen molar-refractivity contribution < 1.29 is 9.53 Å². The van der Waals surface area contributed by atoms with E-state index in [1.54, 1.807) is 29.9 Å². The van der Waals surface area contributed by atoms with E-state index in [2.05, 4.69) is 25.2 Å². The summed E-state index contributed by atoms with van der Waals surface area (Å²) in [7, 11) is 3.57. The number of hydrogen-bond donors (Lipinski definition) is 1. The van der Waals surface area contributed by atoms with Crippen molar-refractivity contribution >= 4 is 35.0 Å². The number of amides is 1. The van der Waals surface area contributed by atoms with Gasteiger partial charge in [0.05, 0.1) is 25.5 Å². The first-order valence-corrected chi connectivity index (χ1v) is 10.1. The van der Waals surface area contributed by atoms with Crippen molar-refractivity contribution in [2.24, 2.45) is 7.05 Å². The molecule has 1 atom stereocenters. The second kappa shape index (κ2) is 7.52. The number of H-pyrrole nitrogens is 1. The van der Waals surface area contributed by atoms with Crippen LogP contribution in [0.25, 0.3) is 23.2 Å². The van der Waals surface area contributed by atoms with Crippen LogP contribution < -0.4 is 4.90 Å². The van der Waals surface area contributed by atoms with Crippen molar-refractivity contribution in [3.8, 4) is 0 Å². The Morgan fingerprint density at radius 1 is 1.23 bits per heavy atom. The molecule has 1 amide bonds. The molecule has 30 heavy (non-hydrogen) atoms. The van der Waals surface area contributed by atoms with Gasteiger partial charge in [0.1, 0.15) is 16.7 Å².